The maximum Gasteiger partial charge on any atom is 0.435 e. The Balaban J connectivity index is 1.68. The van der Waals surface area contributed by atoms with Gasteiger partial charge in [-0.2, -0.15) is 26.3 Å². The number of halogens is 8. The van der Waals surface area contributed by atoms with Crippen LogP contribution in [0.25, 0.3) is 0 Å². The van der Waals surface area contributed by atoms with Crippen molar-refractivity contribution >= 4 is 25.6 Å². The normalized spacial score (nSPS) is 21.7. The van der Waals surface area contributed by atoms with Gasteiger partial charge < -0.3 is 4.90 Å². The molecular weight excluding hydrogens is 658 g/mol. The van der Waals surface area contributed by atoms with Crippen LogP contribution < -0.4 is 0 Å². The molecule has 0 saturated carbocycles. The number of carbonyl (C=O) groups is 1. The molecule has 2 aromatic carbocycles. The van der Waals surface area contributed by atoms with E-state index in [2.05, 4.69) is 0 Å². The average molecular weight is 690 g/mol. The second-order valence-corrected chi connectivity index (χ2v) is 16.1. The van der Waals surface area contributed by atoms with Crippen LogP contribution in [-0.2, 0) is 42.3 Å². The van der Waals surface area contributed by atoms with Gasteiger partial charge in [0, 0.05) is 24.1 Å². The predicted molar refractivity (Wildman–Crippen MR) is 148 cm³/mol. The topological polar surface area (TPSA) is 88.6 Å². The van der Waals surface area contributed by atoms with Crippen LogP contribution in [0.2, 0.25) is 0 Å². The second-order valence-electron chi connectivity index (χ2n) is 11.8. The number of hydrogen-bond acceptors (Lipinski definition) is 5. The Bertz CT molecular complexity index is 1600. The highest BCUT2D eigenvalue weighted by molar-refractivity contribution is 7.91. The number of carbonyl (C=O) groups excluding carboxylic acids is 1. The molecular formula is C29H31F8NO5S2. The van der Waals surface area contributed by atoms with Gasteiger partial charge in [0.25, 0.3) is 0 Å². The van der Waals surface area contributed by atoms with E-state index in [-0.39, 0.29) is 71.1 Å². The van der Waals surface area contributed by atoms with Gasteiger partial charge in [0.05, 0.1) is 22.2 Å². The zero-order valence-electron chi connectivity index (χ0n) is 24.0. The van der Waals surface area contributed by atoms with Crippen LogP contribution >= 0.6 is 0 Å². The molecule has 0 aromatic heterocycles. The summed E-state index contributed by atoms with van der Waals surface area (Å²) in [6, 6.07) is 4.46. The minimum absolute atomic E-state index is 0.00543. The minimum Gasteiger partial charge on any atom is -0.339 e. The van der Waals surface area contributed by atoms with Crippen molar-refractivity contribution in [2.75, 3.05) is 18.1 Å². The Labute approximate surface area is 255 Å². The van der Waals surface area contributed by atoms with Crippen molar-refractivity contribution < 1.29 is 56.8 Å². The summed E-state index contributed by atoms with van der Waals surface area (Å²) < 4.78 is 160. The molecule has 1 amide bonds. The third-order valence-corrected chi connectivity index (χ3v) is 11.9. The number of sulfone groups is 2. The van der Waals surface area contributed by atoms with E-state index in [0.29, 0.717) is 25.1 Å². The van der Waals surface area contributed by atoms with Crippen molar-refractivity contribution in [3.63, 3.8) is 0 Å². The van der Waals surface area contributed by atoms with E-state index >= 15 is 4.39 Å². The van der Waals surface area contributed by atoms with Crippen molar-refractivity contribution in [3.05, 3.63) is 65.0 Å². The van der Waals surface area contributed by atoms with Gasteiger partial charge in [0.1, 0.15) is 15.7 Å². The first-order chi connectivity index (χ1) is 20.6. The van der Waals surface area contributed by atoms with Gasteiger partial charge in [-0.15, -0.1) is 0 Å². The Hall–Kier alpha value is -2.75. The van der Waals surface area contributed by atoms with Gasteiger partial charge in [0.2, 0.25) is 5.91 Å². The summed E-state index contributed by atoms with van der Waals surface area (Å²) in [4.78, 5) is 14.5. The Morgan fingerprint density at radius 3 is 2.04 bits per heavy atom. The minimum atomic E-state index is -6.39. The summed E-state index contributed by atoms with van der Waals surface area (Å²) in [6.07, 6.45) is -12.4. The van der Waals surface area contributed by atoms with Crippen LogP contribution in [0.15, 0.2) is 47.4 Å². The molecule has 1 unspecified atom stereocenters. The first kappa shape index (κ1) is 35.1. The molecule has 0 N–H and O–H groups in total. The van der Waals surface area contributed by atoms with E-state index in [1.807, 2.05) is 6.92 Å². The number of hydrogen-bond donors (Lipinski definition) is 0. The van der Waals surface area contributed by atoms with Gasteiger partial charge in [-0.3, -0.25) is 4.79 Å². The third kappa shape index (κ3) is 7.47. The van der Waals surface area contributed by atoms with Gasteiger partial charge in [-0.1, -0.05) is 25.1 Å². The first-order valence-electron chi connectivity index (χ1n) is 14.1. The molecule has 0 bridgehead atoms. The molecule has 2 aliphatic rings. The van der Waals surface area contributed by atoms with Gasteiger partial charge in [-0.25, -0.2) is 25.6 Å². The fourth-order valence-electron chi connectivity index (χ4n) is 6.02. The summed E-state index contributed by atoms with van der Waals surface area (Å²) in [5.41, 5.74) is -7.98. The molecule has 2 aliphatic heterocycles. The van der Waals surface area contributed by atoms with E-state index < -0.39 is 66.8 Å². The van der Waals surface area contributed by atoms with Crippen molar-refractivity contribution in [1.29, 1.82) is 0 Å². The number of amides is 1. The van der Waals surface area contributed by atoms with Crippen LogP contribution in [0.3, 0.4) is 0 Å². The van der Waals surface area contributed by atoms with Crippen molar-refractivity contribution in [3.8, 4) is 0 Å². The Morgan fingerprint density at radius 1 is 0.911 bits per heavy atom. The quantitative estimate of drug-likeness (QED) is 0.248. The van der Waals surface area contributed by atoms with Gasteiger partial charge in [0.15, 0.2) is 9.84 Å². The molecule has 6 nitrogen and oxygen atoms in total. The largest absolute Gasteiger partial charge is 0.435 e. The molecule has 4 rings (SSSR count). The fourth-order valence-corrected chi connectivity index (χ4v) is 8.92. The van der Waals surface area contributed by atoms with Gasteiger partial charge in [-0.05, 0) is 73.4 Å². The maximum atomic E-state index is 15.0. The standard InChI is InChI=1S/C29H31F8NO5S2/c1-18-14-24(38(16-18)26(39)19-10-12-44(40,41)13-11-19)7-3-20-15-22(27(31,28(32,33)34)29(35,36)37)4-2-21(20)17-45(42,43)25-8-5-23(30)6-9-25/h2,4-6,8-9,15,18-19,24H,3,7,10-14,16-17H2,1H3/t18-,24?/m1/s1. The Kier molecular flexibility index (Phi) is 9.72. The smallest absolute Gasteiger partial charge is 0.339 e. The molecule has 2 fully saturated rings. The van der Waals surface area contributed by atoms with E-state index in [9.17, 15) is 52.4 Å². The highest BCUT2D eigenvalue weighted by Gasteiger charge is 2.73. The summed E-state index contributed by atoms with van der Waals surface area (Å²) >= 11 is 0. The lowest BCUT2D eigenvalue weighted by Crippen LogP contribution is -2.50. The first-order valence-corrected chi connectivity index (χ1v) is 17.6. The molecule has 250 valence electrons. The number of benzene rings is 2. The molecule has 45 heavy (non-hydrogen) atoms. The van der Waals surface area contributed by atoms with Crippen LogP contribution in [0, 0.1) is 17.7 Å². The summed E-state index contributed by atoms with van der Waals surface area (Å²) in [5.74, 6) is -2.82. The van der Waals surface area contributed by atoms with E-state index in [1.165, 1.54) is 4.90 Å². The van der Waals surface area contributed by atoms with E-state index in [4.69, 9.17) is 0 Å². The molecule has 2 aromatic rings. The van der Waals surface area contributed by atoms with Crippen molar-refractivity contribution in [2.24, 2.45) is 11.8 Å². The lowest BCUT2D eigenvalue weighted by molar-refractivity contribution is -0.348. The zero-order chi connectivity index (χ0) is 33.6. The fraction of sp³-hybridized carbons (Fsp3) is 0.552. The molecule has 0 aliphatic carbocycles. The summed E-state index contributed by atoms with van der Waals surface area (Å²) in [6.45, 7) is 2.14. The number of rotatable bonds is 8. The second kappa shape index (κ2) is 12.5. The maximum absolute atomic E-state index is 15.0. The van der Waals surface area contributed by atoms with E-state index in [1.54, 1.807) is 0 Å². The van der Waals surface area contributed by atoms with Crippen molar-refractivity contribution in [2.45, 2.75) is 73.7 Å². The number of alkyl halides is 7. The average Bonchev–Trinajstić information content (AvgIpc) is 3.30. The highest BCUT2D eigenvalue weighted by atomic mass is 32.2. The molecule has 0 radical (unpaired) electrons. The molecule has 2 saturated heterocycles. The number of likely N-dealkylation sites (tertiary alicyclic amines) is 1. The summed E-state index contributed by atoms with van der Waals surface area (Å²) in [5, 5.41) is 0. The Morgan fingerprint density at radius 2 is 1.49 bits per heavy atom. The number of aryl methyl sites for hydroxylation is 1. The van der Waals surface area contributed by atoms with Crippen LogP contribution in [0.1, 0.15) is 49.3 Å². The van der Waals surface area contributed by atoms with Gasteiger partial charge >= 0.3 is 18.0 Å². The van der Waals surface area contributed by atoms with Crippen molar-refractivity contribution in [1.82, 2.24) is 4.90 Å². The zero-order valence-corrected chi connectivity index (χ0v) is 25.6. The lowest BCUT2D eigenvalue weighted by atomic mass is 9.89. The summed E-state index contributed by atoms with van der Waals surface area (Å²) in [7, 11) is -7.52. The molecule has 2 atom stereocenters. The molecule has 16 heteroatoms. The SMILES string of the molecule is C[C@@H]1CC(CCc2cc(C(F)(C(F)(F)F)C(F)(F)F)ccc2CS(=O)(=O)c2ccc(F)cc2)N(C(=O)C2CCS(=O)(=O)CC2)C1. The van der Waals surface area contributed by atoms with Crippen LogP contribution in [0.4, 0.5) is 35.1 Å². The predicted octanol–water partition coefficient (Wildman–Crippen LogP) is 6.08. The lowest BCUT2D eigenvalue weighted by Gasteiger charge is -2.32. The van der Waals surface area contributed by atoms with Crippen LogP contribution in [0.5, 0.6) is 0 Å². The highest BCUT2D eigenvalue weighted by Crippen LogP contribution is 2.53. The molecule has 0 spiro atoms. The monoisotopic (exact) mass is 689 g/mol. The van der Waals surface area contributed by atoms with E-state index in [0.717, 1.165) is 24.3 Å². The molecule has 2 heterocycles. The third-order valence-electron chi connectivity index (χ3n) is 8.46. The number of nitrogens with zero attached hydrogens (tertiary/aromatic N) is 1. The van der Waals surface area contributed by atoms with Crippen LogP contribution in [-0.4, -0.2) is 64.1 Å².